The minimum atomic E-state index is -0.304. The van der Waals surface area contributed by atoms with Crippen molar-refractivity contribution in [3.8, 4) is 5.75 Å². The number of ether oxygens (including phenoxy) is 1. The molecule has 0 saturated heterocycles. The minimum Gasteiger partial charge on any atom is -0.494 e. The van der Waals surface area contributed by atoms with Crippen molar-refractivity contribution in [1.82, 2.24) is 0 Å². The van der Waals surface area contributed by atoms with Crippen molar-refractivity contribution in [2.45, 2.75) is 32.6 Å². The molecule has 2 rings (SSSR count). The average molecular weight is 344 g/mol. The van der Waals surface area contributed by atoms with E-state index in [-0.39, 0.29) is 18.3 Å². The van der Waals surface area contributed by atoms with E-state index in [4.69, 9.17) is 4.74 Å². The van der Waals surface area contributed by atoms with Crippen LogP contribution in [0.15, 0.2) is 48.5 Å². The molecule has 0 aliphatic carbocycles. The van der Waals surface area contributed by atoms with Crippen LogP contribution in [0.5, 0.6) is 5.75 Å². The molecule has 0 bridgehead atoms. The van der Waals surface area contributed by atoms with Crippen LogP contribution in [0.4, 0.5) is 15.8 Å². The van der Waals surface area contributed by atoms with Gasteiger partial charge in [0.1, 0.15) is 11.6 Å². The minimum absolute atomic E-state index is 0.105. The number of unbranched alkanes of at least 4 members (excludes halogenated alkanes) is 3. The highest BCUT2D eigenvalue weighted by Gasteiger charge is 2.04. The molecule has 0 heterocycles. The molecule has 2 aromatic rings. The van der Waals surface area contributed by atoms with Gasteiger partial charge in [0, 0.05) is 17.4 Å². The monoisotopic (exact) mass is 344 g/mol. The molecule has 25 heavy (non-hydrogen) atoms. The topological polar surface area (TPSA) is 50.4 Å². The van der Waals surface area contributed by atoms with Gasteiger partial charge in [-0.05, 0) is 42.8 Å². The zero-order valence-corrected chi connectivity index (χ0v) is 14.6. The lowest BCUT2D eigenvalue weighted by Gasteiger charge is -2.10. The molecule has 0 aromatic heterocycles. The number of rotatable bonds is 10. The summed E-state index contributed by atoms with van der Waals surface area (Å²) in [5, 5.41) is 5.77. The lowest BCUT2D eigenvalue weighted by molar-refractivity contribution is -0.114. The number of carbonyl (C=O) groups is 1. The number of amides is 1. The van der Waals surface area contributed by atoms with Crippen LogP contribution in [0, 0.1) is 5.82 Å². The third-order valence-corrected chi connectivity index (χ3v) is 3.68. The molecule has 0 unspecified atom stereocenters. The summed E-state index contributed by atoms with van der Waals surface area (Å²) < 4.78 is 18.6. The number of hydrogen-bond donors (Lipinski definition) is 2. The van der Waals surface area contributed by atoms with Gasteiger partial charge in [-0.3, -0.25) is 4.79 Å². The molecule has 0 aliphatic heterocycles. The van der Waals surface area contributed by atoms with Crippen molar-refractivity contribution in [3.63, 3.8) is 0 Å². The van der Waals surface area contributed by atoms with Crippen LogP contribution in [0.2, 0.25) is 0 Å². The second-order valence-corrected chi connectivity index (χ2v) is 5.85. The molecule has 0 spiro atoms. The van der Waals surface area contributed by atoms with Gasteiger partial charge >= 0.3 is 0 Å². The lowest BCUT2D eigenvalue weighted by atomic mass is 10.2. The molecule has 134 valence electrons. The molecule has 2 aromatic carbocycles. The average Bonchev–Trinajstić information content (AvgIpc) is 2.61. The third kappa shape index (κ3) is 7.25. The Morgan fingerprint density at radius 1 is 1.04 bits per heavy atom. The maximum Gasteiger partial charge on any atom is 0.243 e. The van der Waals surface area contributed by atoms with Gasteiger partial charge in [-0.15, -0.1) is 0 Å². The van der Waals surface area contributed by atoms with Crippen molar-refractivity contribution in [3.05, 3.63) is 54.3 Å². The zero-order valence-electron chi connectivity index (χ0n) is 14.6. The Bertz CT molecular complexity index is 659. The van der Waals surface area contributed by atoms with Crippen LogP contribution in [0.1, 0.15) is 32.6 Å². The van der Waals surface area contributed by atoms with Gasteiger partial charge in [-0.2, -0.15) is 0 Å². The number of benzene rings is 2. The van der Waals surface area contributed by atoms with Gasteiger partial charge in [0.25, 0.3) is 0 Å². The molecule has 0 saturated carbocycles. The summed E-state index contributed by atoms with van der Waals surface area (Å²) in [6.07, 6.45) is 4.63. The summed E-state index contributed by atoms with van der Waals surface area (Å²) >= 11 is 0. The van der Waals surface area contributed by atoms with E-state index >= 15 is 0 Å². The Hall–Kier alpha value is -2.56. The Morgan fingerprint density at radius 3 is 2.60 bits per heavy atom. The van der Waals surface area contributed by atoms with E-state index in [1.807, 2.05) is 24.3 Å². The second kappa shape index (κ2) is 10.3. The van der Waals surface area contributed by atoms with Crippen LogP contribution >= 0.6 is 0 Å². The predicted molar refractivity (Wildman–Crippen MR) is 99.6 cm³/mol. The first-order valence-corrected chi connectivity index (χ1v) is 8.69. The summed E-state index contributed by atoms with van der Waals surface area (Å²) in [6, 6.07) is 13.3. The van der Waals surface area contributed by atoms with E-state index in [1.165, 1.54) is 31.4 Å². The molecule has 0 radical (unpaired) electrons. The van der Waals surface area contributed by atoms with Gasteiger partial charge < -0.3 is 15.4 Å². The Labute approximate surface area is 148 Å². The maximum atomic E-state index is 12.8. The SMILES string of the molecule is CCCCCCOc1cccc(NC(=O)CNc2ccc(F)cc2)c1. The molecule has 0 fully saturated rings. The van der Waals surface area contributed by atoms with Gasteiger partial charge in [0.05, 0.1) is 13.2 Å². The molecule has 5 heteroatoms. The largest absolute Gasteiger partial charge is 0.494 e. The maximum absolute atomic E-state index is 12.8. The Kier molecular flexibility index (Phi) is 7.76. The molecular weight excluding hydrogens is 319 g/mol. The molecule has 1 amide bonds. The number of nitrogens with one attached hydrogen (secondary N) is 2. The van der Waals surface area contributed by atoms with Crippen molar-refractivity contribution in [1.29, 1.82) is 0 Å². The second-order valence-electron chi connectivity index (χ2n) is 5.85. The highest BCUT2D eigenvalue weighted by Crippen LogP contribution is 2.18. The highest BCUT2D eigenvalue weighted by molar-refractivity contribution is 5.93. The fraction of sp³-hybridized carbons (Fsp3) is 0.350. The normalized spacial score (nSPS) is 10.3. The molecule has 4 nitrogen and oxygen atoms in total. The standard InChI is InChI=1S/C20H25FN2O2/c1-2-3-4-5-13-25-19-8-6-7-18(14-19)23-20(24)15-22-17-11-9-16(21)10-12-17/h6-12,14,22H,2-5,13,15H2,1H3,(H,23,24). The van der Waals surface area contributed by atoms with E-state index in [9.17, 15) is 9.18 Å². The summed E-state index contributed by atoms with van der Waals surface area (Å²) in [4.78, 5) is 12.0. The molecule has 2 N–H and O–H groups in total. The van der Waals surface area contributed by atoms with Crippen LogP contribution in [0.25, 0.3) is 0 Å². The Balaban J connectivity index is 1.76. The molecule has 0 aliphatic rings. The number of halogens is 1. The van der Waals surface area contributed by atoms with E-state index in [0.717, 1.165) is 12.2 Å². The molecular formula is C20H25FN2O2. The summed E-state index contributed by atoms with van der Waals surface area (Å²) in [5.74, 6) is 0.270. The van der Waals surface area contributed by atoms with Crippen molar-refractivity contribution in [2.75, 3.05) is 23.8 Å². The van der Waals surface area contributed by atoms with Crippen LogP contribution in [0.3, 0.4) is 0 Å². The van der Waals surface area contributed by atoms with E-state index < -0.39 is 0 Å². The van der Waals surface area contributed by atoms with Crippen LogP contribution in [-0.2, 0) is 4.79 Å². The fourth-order valence-corrected chi connectivity index (χ4v) is 2.34. The van der Waals surface area contributed by atoms with E-state index in [1.54, 1.807) is 12.1 Å². The summed E-state index contributed by atoms with van der Waals surface area (Å²) in [7, 11) is 0. The molecule has 0 atom stereocenters. The van der Waals surface area contributed by atoms with Crippen molar-refractivity contribution < 1.29 is 13.9 Å². The quantitative estimate of drug-likeness (QED) is 0.607. The zero-order chi connectivity index (χ0) is 17.9. The van der Waals surface area contributed by atoms with Crippen molar-refractivity contribution in [2.24, 2.45) is 0 Å². The number of anilines is 2. The van der Waals surface area contributed by atoms with Crippen LogP contribution < -0.4 is 15.4 Å². The van der Waals surface area contributed by atoms with E-state index in [2.05, 4.69) is 17.6 Å². The lowest BCUT2D eigenvalue weighted by Crippen LogP contribution is -2.21. The van der Waals surface area contributed by atoms with Gasteiger partial charge in [-0.1, -0.05) is 32.3 Å². The first-order chi connectivity index (χ1) is 12.2. The summed E-state index contributed by atoms with van der Waals surface area (Å²) in [6.45, 7) is 2.97. The smallest absolute Gasteiger partial charge is 0.243 e. The predicted octanol–water partition coefficient (Wildman–Crippen LogP) is 4.84. The first-order valence-electron chi connectivity index (χ1n) is 8.69. The van der Waals surface area contributed by atoms with Gasteiger partial charge in [-0.25, -0.2) is 4.39 Å². The van der Waals surface area contributed by atoms with Gasteiger partial charge in [0.2, 0.25) is 5.91 Å². The van der Waals surface area contributed by atoms with E-state index in [0.29, 0.717) is 18.0 Å². The Morgan fingerprint density at radius 2 is 1.84 bits per heavy atom. The third-order valence-electron chi connectivity index (χ3n) is 3.68. The highest BCUT2D eigenvalue weighted by atomic mass is 19.1. The number of carbonyl (C=O) groups excluding carboxylic acids is 1. The van der Waals surface area contributed by atoms with Crippen LogP contribution in [-0.4, -0.2) is 19.1 Å². The number of hydrogen-bond acceptors (Lipinski definition) is 3. The first kappa shape index (κ1) is 18.8. The van der Waals surface area contributed by atoms with Gasteiger partial charge in [0.15, 0.2) is 0 Å². The van der Waals surface area contributed by atoms with Crippen molar-refractivity contribution >= 4 is 17.3 Å². The fourth-order valence-electron chi connectivity index (χ4n) is 2.34. The summed E-state index contributed by atoms with van der Waals surface area (Å²) in [5.41, 5.74) is 1.39.